The number of carbonyl (C=O) groups is 4. The molecule has 2 aliphatic heterocycles. The number of aryl methyl sites for hydroxylation is 2. The average molecular weight is 425 g/mol. The molecule has 1 saturated heterocycles. The molecule has 2 aliphatic rings. The summed E-state index contributed by atoms with van der Waals surface area (Å²) in [5.74, 6) is -1.52. The number of aromatic nitrogens is 1. The van der Waals surface area contributed by atoms with Gasteiger partial charge in [-0.15, -0.1) is 0 Å². The zero-order valence-electron chi connectivity index (χ0n) is 17.6. The normalized spacial score (nSPS) is 19.0. The van der Waals surface area contributed by atoms with E-state index in [-0.39, 0.29) is 17.5 Å². The molecule has 0 bridgehead atoms. The van der Waals surface area contributed by atoms with Gasteiger partial charge in [-0.05, 0) is 38.8 Å². The van der Waals surface area contributed by atoms with E-state index in [4.69, 9.17) is 9.26 Å². The molecular formula is C22H23N3O6. The molecule has 9 nitrogen and oxygen atoms in total. The second-order valence-electron chi connectivity index (χ2n) is 7.76. The van der Waals surface area contributed by atoms with Gasteiger partial charge in [0.1, 0.15) is 17.8 Å². The molecule has 0 aliphatic carbocycles. The number of fused-ring (bicyclic) bond motifs is 1. The van der Waals surface area contributed by atoms with Crippen LogP contribution in [0.2, 0.25) is 0 Å². The van der Waals surface area contributed by atoms with E-state index >= 15 is 0 Å². The Labute approximate surface area is 178 Å². The predicted octanol–water partition coefficient (Wildman–Crippen LogP) is 1.66. The minimum atomic E-state index is -1.13. The number of amides is 3. The molecule has 9 heteroatoms. The highest BCUT2D eigenvalue weighted by Crippen LogP contribution is 2.30. The van der Waals surface area contributed by atoms with Crippen molar-refractivity contribution in [3.8, 4) is 0 Å². The van der Waals surface area contributed by atoms with Gasteiger partial charge < -0.3 is 14.2 Å². The smallest absolute Gasteiger partial charge is 0.328 e. The summed E-state index contributed by atoms with van der Waals surface area (Å²) >= 11 is 0. The van der Waals surface area contributed by atoms with E-state index in [1.807, 2.05) is 0 Å². The van der Waals surface area contributed by atoms with Crippen LogP contribution in [0.3, 0.4) is 0 Å². The van der Waals surface area contributed by atoms with Crippen molar-refractivity contribution in [2.24, 2.45) is 0 Å². The summed E-state index contributed by atoms with van der Waals surface area (Å²) in [4.78, 5) is 54.6. The van der Waals surface area contributed by atoms with E-state index in [9.17, 15) is 19.2 Å². The first-order chi connectivity index (χ1) is 14.8. The molecule has 4 rings (SSSR count). The number of benzene rings is 1. The Hall–Kier alpha value is -3.49. The molecule has 0 radical (unpaired) electrons. The van der Waals surface area contributed by atoms with Crippen LogP contribution in [-0.4, -0.2) is 64.4 Å². The molecule has 0 spiro atoms. The average Bonchev–Trinajstić information content (AvgIpc) is 3.45. The second kappa shape index (κ2) is 7.98. The highest BCUT2D eigenvalue weighted by molar-refractivity contribution is 6.23. The van der Waals surface area contributed by atoms with Gasteiger partial charge in [-0.25, -0.2) is 4.79 Å². The molecule has 1 aromatic heterocycles. The SMILES string of the molecule is COC(=O)C1CCCN1C(=O)C(Cc1c(C)noc1C)N1C(=O)c2ccccc2C1=O. The number of hydrogen-bond donors (Lipinski definition) is 0. The van der Waals surface area contributed by atoms with Crippen molar-refractivity contribution in [1.82, 2.24) is 15.0 Å². The lowest BCUT2D eigenvalue weighted by molar-refractivity contribution is -0.152. The lowest BCUT2D eigenvalue weighted by Gasteiger charge is -2.31. The minimum Gasteiger partial charge on any atom is -0.467 e. The Bertz CT molecular complexity index is 1020. The fourth-order valence-electron chi connectivity index (χ4n) is 4.37. The van der Waals surface area contributed by atoms with Gasteiger partial charge in [-0.2, -0.15) is 0 Å². The van der Waals surface area contributed by atoms with E-state index in [1.54, 1.807) is 38.1 Å². The van der Waals surface area contributed by atoms with E-state index in [0.717, 1.165) is 4.90 Å². The zero-order valence-corrected chi connectivity index (χ0v) is 17.6. The quantitative estimate of drug-likeness (QED) is 0.529. The summed E-state index contributed by atoms with van der Waals surface area (Å²) in [7, 11) is 1.27. The summed E-state index contributed by atoms with van der Waals surface area (Å²) in [6, 6.07) is 4.62. The van der Waals surface area contributed by atoms with Gasteiger partial charge in [0.25, 0.3) is 11.8 Å². The van der Waals surface area contributed by atoms with Crippen LogP contribution in [0.15, 0.2) is 28.8 Å². The lowest BCUT2D eigenvalue weighted by atomic mass is 10.0. The van der Waals surface area contributed by atoms with Crippen LogP contribution < -0.4 is 0 Å². The molecule has 0 saturated carbocycles. The molecule has 1 fully saturated rings. The molecule has 1 aromatic carbocycles. The summed E-state index contributed by atoms with van der Waals surface area (Å²) in [6.07, 6.45) is 1.15. The number of rotatable bonds is 5. The maximum atomic E-state index is 13.7. The molecule has 162 valence electrons. The van der Waals surface area contributed by atoms with Crippen molar-refractivity contribution < 1.29 is 28.4 Å². The molecule has 2 unspecified atom stereocenters. The molecule has 3 heterocycles. The number of esters is 1. The lowest BCUT2D eigenvalue weighted by Crippen LogP contribution is -2.54. The van der Waals surface area contributed by atoms with Crippen LogP contribution in [-0.2, 0) is 20.7 Å². The van der Waals surface area contributed by atoms with Gasteiger partial charge in [0.15, 0.2) is 0 Å². The molecule has 2 atom stereocenters. The van der Waals surface area contributed by atoms with Crippen molar-refractivity contribution >= 4 is 23.7 Å². The van der Waals surface area contributed by atoms with Gasteiger partial charge in [0.2, 0.25) is 5.91 Å². The third-order valence-corrected chi connectivity index (χ3v) is 6.01. The van der Waals surface area contributed by atoms with Crippen molar-refractivity contribution in [2.45, 2.75) is 45.2 Å². The Morgan fingerprint density at radius 3 is 2.39 bits per heavy atom. The van der Waals surface area contributed by atoms with E-state index in [2.05, 4.69) is 5.16 Å². The molecular weight excluding hydrogens is 402 g/mol. The summed E-state index contributed by atoms with van der Waals surface area (Å²) in [5, 5.41) is 3.92. The zero-order chi connectivity index (χ0) is 22.3. The van der Waals surface area contributed by atoms with E-state index in [1.165, 1.54) is 12.0 Å². The first-order valence-corrected chi connectivity index (χ1v) is 10.1. The van der Waals surface area contributed by atoms with Crippen molar-refractivity contribution in [1.29, 1.82) is 0 Å². The molecule has 2 aromatic rings. The largest absolute Gasteiger partial charge is 0.467 e. The Kier molecular flexibility index (Phi) is 5.34. The Morgan fingerprint density at radius 2 is 1.84 bits per heavy atom. The first-order valence-electron chi connectivity index (χ1n) is 10.1. The third-order valence-electron chi connectivity index (χ3n) is 6.01. The number of carbonyl (C=O) groups excluding carboxylic acids is 4. The number of nitrogens with zero attached hydrogens (tertiary/aromatic N) is 3. The summed E-state index contributed by atoms with van der Waals surface area (Å²) in [6.45, 7) is 3.80. The minimum absolute atomic E-state index is 0.0514. The molecule has 0 N–H and O–H groups in total. The predicted molar refractivity (Wildman–Crippen MR) is 107 cm³/mol. The Balaban J connectivity index is 1.74. The van der Waals surface area contributed by atoms with Crippen LogP contribution in [0.4, 0.5) is 0 Å². The monoisotopic (exact) mass is 425 g/mol. The van der Waals surface area contributed by atoms with Gasteiger partial charge in [-0.3, -0.25) is 19.3 Å². The number of methoxy groups -OCH3 is 1. The first kappa shape index (κ1) is 20.8. The standard InChI is InChI=1S/C22H23N3O6/c1-12-16(13(2)31-23-12)11-18(21(28)24-10-6-9-17(24)22(29)30-3)25-19(26)14-7-4-5-8-15(14)20(25)27/h4-5,7-8,17-18H,6,9-11H2,1-3H3. The van der Waals surface area contributed by atoms with Gasteiger partial charge in [-0.1, -0.05) is 17.3 Å². The van der Waals surface area contributed by atoms with E-state index < -0.39 is 35.8 Å². The fraction of sp³-hybridized carbons (Fsp3) is 0.409. The molecule has 31 heavy (non-hydrogen) atoms. The van der Waals surface area contributed by atoms with Gasteiger partial charge in [0.05, 0.1) is 23.9 Å². The highest BCUT2D eigenvalue weighted by Gasteiger charge is 2.47. The van der Waals surface area contributed by atoms with Gasteiger partial charge in [0, 0.05) is 18.5 Å². The summed E-state index contributed by atoms with van der Waals surface area (Å²) < 4.78 is 10.1. The highest BCUT2D eigenvalue weighted by atomic mass is 16.5. The van der Waals surface area contributed by atoms with Crippen LogP contribution in [0.25, 0.3) is 0 Å². The number of hydrogen-bond acceptors (Lipinski definition) is 7. The summed E-state index contributed by atoms with van der Waals surface area (Å²) in [5.41, 5.74) is 1.76. The number of imide groups is 1. The van der Waals surface area contributed by atoms with Crippen molar-refractivity contribution in [3.63, 3.8) is 0 Å². The number of likely N-dealkylation sites (tertiary alicyclic amines) is 1. The maximum Gasteiger partial charge on any atom is 0.328 e. The van der Waals surface area contributed by atoms with Crippen LogP contribution in [0.5, 0.6) is 0 Å². The van der Waals surface area contributed by atoms with Gasteiger partial charge >= 0.3 is 5.97 Å². The third kappa shape index (κ3) is 3.39. The van der Waals surface area contributed by atoms with Crippen molar-refractivity contribution in [3.05, 3.63) is 52.4 Å². The topological polar surface area (TPSA) is 110 Å². The maximum absolute atomic E-state index is 13.7. The number of ether oxygens (including phenoxy) is 1. The second-order valence-corrected chi connectivity index (χ2v) is 7.76. The van der Waals surface area contributed by atoms with Crippen molar-refractivity contribution in [2.75, 3.05) is 13.7 Å². The van der Waals surface area contributed by atoms with E-state index in [0.29, 0.717) is 36.4 Å². The Morgan fingerprint density at radius 1 is 1.19 bits per heavy atom. The van der Waals surface area contributed by atoms with Crippen LogP contribution in [0, 0.1) is 13.8 Å². The van der Waals surface area contributed by atoms with Crippen LogP contribution in [0.1, 0.15) is 50.6 Å². The van der Waals surface area contributed by atoms with Crippen LogP contribution >= 0.6 is 0 Å². The molecule has 3 amide bonds. The fourth-order valence-corrected chi connectivity index (χ4v) is 4.37.